The first-order valence-corrected chi connectivity index (χ1v) is 11.7. The van der Waals surface area contributed by atoms with Crippen LogP contribution in [0.2, 0.25) is 0 Å². The van der Waals surface area contributed by atoms with E-state index in [1.54, 1.807) is 4.90 Å². The average Bonchev–Trinajstić information content (AvgIpc) is 3.22. The van der Waals surface area contributed by atoms with Gasteiger partial charge in [-0.3, -0.25) is 4.79 Å². The number of benzene rings is 2. The van der Waals surface area contributed by atoms with Crippen molar-refractivity contribution in [1.29, 1.82) is 0 Å². The van der Waals surface area contributed by atoms with Gasteiger partial charge in [0.15, 0.2) is 5.79 Å². The molecule has 1 N–H and O–H groups in total. The molecule has 1 amide bonds. The Morgan fingerprint density at radius 1 is 1.03 bits per heavy atom. The van der Waals surface area contributed by atoms with E-state index in [1.165, 1.54) is 12.1 Å². The summed E-state index contributed by atoms with van der Waals surface area (Å²) >= 11 is 0. The van der Waals surface area contributed by atoms with Crippen LogP contribution in [0, 0.1) is 5.82 Å². The molecule has 2 heterocycles. The summed E-state index contributed by atoms with van der Waals surface area (Å²) in [6.45, 7) is 1.93. The fraction of sp³-hybridized carbons (Fsp3) is 0.409. The quantitative estimate of drug-likeness (QED) is 0.732. The Kier molecular flexibility index (Phi) is 6.38. The molecular weight excluding hydrogens is 423 g/mol. The van der Waals surface area contributed by atoms with Crippen molar-refractivity contribution >= 4 is 15.9 Å². The number of ether oxygens (including phenoxy) is 2. The highest BCUT2D eigenvalue weighted by molar-refractivity contribution is 7.89. The largest absolute Gasteiger partial charge is 0.347 e. The second kappa shape index (κ2) is 9.04. The van der Waals surface area contributed by atoms with Gasteiger partial charge >= 0.3 is 0 Å². The number of likely N-dealkylation sites (tertiary alicyclic amines) is 1. The van der Waals surface area contributed by atoms with Crippen molar-refractivity contribution in [2.75, 3.05) is 26.3 Å². The van der Waals surface area contributed by atoms with Crippen molar-refractivity contribution in [3.63, 3.8) is 0 Å². The second-order valence-electron chi connectivity index (χ2n) is 7.75. The maximum Gasteiger partial charge on any atom is 0.241 e. The van der Waals surface area contributed by atoms with Crippen LogP contribution < -0.4 is 4.72 Å². The summed E-state index contributed by atoms with van der Waals surface area (Å²) in [6, 6.07) is 12.8. The third-order valence-corrected chi connectivity index (χ3v) is 7.14. The number of sulfonamides is 1. The monoisotopic (exact) mass is 448 g/mol. The van der Waals surface area contributed by atoms with Crippen molar-refractivity contribution in [2.45, 2.75) is 36.0 Å². The van der Waals surface area contributed by atoms with Crippen molar-refractivity contribution < 1.29 is 27.1 Å². The molecule has 166 valence electrons. The second-order valence-corrected chi connectivity index (χ2v) is 9.46. The lowest BCUT2D eigenvalue weighted by Gasteiger charge is -2.38. The molecule has 31 heavy (non-hydrogen) atoms. The first-order valence-electron chi connectivity index (χ1n) is 10.3. The minimum absolute atomic E-state index is 0.0925. The number of amides is 1. The zero-order valence-corrected chi connectivity index (χ0v) is 17.8. The maximum absolute atomic E-state index is 13.3. The molecule has 0 radical (unpaired) electrons. The predicted octanol–water partition coefficient (Wildman–Crippen LogP) is 2.08. The zero-order chi connectivity index (χ0) is 21.9. The molecule has 0 unspecified atom stereocenters. The van der Waals surface area contributed by atoms with E-state index >= 15 is 0 Å². The van der Waals surface area contributed by atoms with Gasteiger partial charge in [-0.15, -0.1) is 0 Å². The highest BCUT2D eigenvalue weighted by Crippen LogP contribution is 2.31. The van der Waals surface area contributed by atoms with Gasteiger partial charge in [-0.05, 0) is 36.2 Å². The van der Waals surface area contributed by atoms with E-state index in [0.29, 0.717) is 39.1 Å². The molecule has 0 aromatic heterocycles. The lowest BCUT2D eigenvalue weighted by molar-refractivity contribution is -0.187. The number of carbonyl (C=O) groups excluding carboxylic acids is 1. The standard InChI is InChI=1S/C22H25FN2O5S/c23-18-6-8-19(9-7-18)31(27,28)24-20(16-17-4-2-1-3-5-17)21(26)25-12-10-22(11-13-25)29-14-15-30-22/h1-9,20,24H,10-16H2/t20-/m1/s1. The molecule has 2 saturated heterocycles. The predicted molar refractivity (Wildman–Crippen MR) is 111 cm³/mol. The molecule has 2 aliphatic heterocycles. The Morgan fingerprint density at radius 3 is 2.26 bits per heavy atom. The van der Waals surface area contributed by atoms with Crippen molar-refractivity contribution in [2.24, 2.45) is 0 Å². The van der Waals surface area contributed by atoms with E-state index in [9.17, 15) is 17.6 Å². The number of piperidine rings is 1. The van der Waals surface area contributed by atoms with Gasteiger partial charge in [0.25, 0.3) is 0 Å². The fourth-order valence-electron chi connectivity index (χ4n) is 3.97. The molecular formula is C22H25FN2O5S. The summed E-state index contributed by atoms with van der Waals surface area (Å²) in [5.74, 6) is -1.46. The SMILES string of the molecule is O=C([C@@H](Cc1ccccc1)NS(=O)(=O)c1ccc(F)cc1)N1CCC2(CC1)OCCO2. The van der Waals surface area contributed by atoms with Gasteiger partial charge < -0.3 is 14.4 Å². The van der Waals surface area contributed by atoms with E-state index in [-0.39, 0.29) is 17.2 Å². The highest BCUT2D eigenvalue weighted by atomic mass is 32.2. The van der Waals surface area contributed by atoms with Crippen LogP contribution in [-0.2, 0) is 30.7 Å². The van der Waals surface area contributed by atoms with E-state index in [0.717, 1.165) is 17.7 Å². The van der Waals surface area contributed by atoms with Gasteiger partial charge in [0, 0.05) is 25.9 Å². The van der Waals surface area contributed by atoms with Crippen LogP contribution >= 0.6 is 0 Å². The number of nitrogens with zero attached hydrogens (tertiary/aromatic N) is 1. The number of halogens is 1. The van der Waals surface area contributed by atoms with Gasteiger partial charge in [-0.1, -0.05) is 30.3 Å². The van der Waals surface area contributed by atoms with Crippen LogP contribution in [0.5, 0.6) is 0 Å². The smallest absolute Gasteiger partial charge is 0.241 e. The van der Waals surface area contributed by atoms with Crippen molar-refractivity contribution in [3.8, 4) is 0 Å². The maximum atomic E-state index is 13.3. The summed E-state index contributed by atoms with van der Waals surface area (Å²) < 4.78 is 53.0. The minimum Gasteiger partial charge on any atom is -0.347 e. The Morgan fingerprint density at radius 2 is 1.65 bits per heavy atom. The molecule has 9 heteroatoms. The van der Waals surface area contributed by atoms with Crippen LogP contribution in [0.25, 0.3) is 0 Å². The van der Waals surface area contributed by atoms with Crippen LogP contribution in [-0.4, -0.2) is 57.4 Å². The lowest BCUT2D eigenvalue weighted by atomic mass is 10.0. The summed E-state index contributed by atoms with van der Waals surface area (Å²) in [4.78, 5) is 14.9. The molecule has 0 bridgehead atoms. The summed E-state index contributed by atoms with van der Waals surface area (Å²) in [5.41, 5.74) is 0.832. The number of hydrogen-bond donors (Lipinski definition) is 1. The first kappa shape index (κ1) is 21.9. The normalized spacial score (nSPS) is 19.5. The van der Waals surface area contributed by atoms with E-state index in [1.807, 2.05) is 30.3 Å². The van der Waals surface area contributed by atoms with Crippen LogP contribution in [0.3, 0.4) is 0 Å². The van der Waals surface area contributed by atoms with Gasteiger partial charge in [-0.25, -0.2) is 12.8 Å². The minimum atomic E-state index is -4.02. The van der Waals surface area contributed by atoms with Crippen LogP contribution in [0.1, 0.15) is 18.4 Å². The molecule has 2 fully saturated rings. The summed E-state index contributed by atoms with van der Waals surface area (Å²) in [5, 5.41) is 0. The topological polar surface area (TPSA) is 84.9 Å². The molecule has 1 atom stereocenters. The Labute approximate surface area is 181 Å². The zero-order valence-electron chi connectivity index (χ0n) is 17.0. The Bertz CT molecular complexity index is 998. The van der Waals surface area contributed by atoms with Gasteiger partial charge in [0.2, 0.25) is 15.9 Å². The van der Waals surface area contributed by atoms with E-state index in [2.05, 4.69) is 4.72 Å². The molecule has 2 aliphatic rings. The molecule has 0 saturated carbocycles. The fourth-order valence-corrected chi connectivity index (χ4v) is 5.16. The molecule has 0 aliphatic carbocycles. The van der Waals surface area contributed by atoms with Crippen molar-refractivity contribution in [3.05, 3.63) is 66.0 Å². The molecule has 7 nitrogen and oxygen atoms in total. The molecule has 2 aromatic rings. The summed E-state index contributed by atoms with van der Waals surface area (Å²) in [6.07, 6.45) is 1.29. The molecule has 2 aromatic carbocycles. The molecule has 1 spiro atoms. The number of rotatable bonds is 6. The van der Waals surface area contributed by atoms with Gasteiger partial charge in [-0.2, -0.15) is 4.72 Å². The van der Waals surface area contributed by atoms with E-state index < -0.39 is 27.7 Å². The van der Waals surface area contributed by atoms with Gasteiger partial charge in [0.05, 0.1) is 18.1 Å². The summed E-state index contributed by atoms with van der Waals surface area (Å²) in [7, 11) is -4.02. The molecule has 4 rings (SSSR count). The highest BCUT2D eigenvalue weighted by Gasteiger charge is 2.42. The van der Waals surface area contributed by atoms with Crippen LogP contribution in [0.4, 0.5) is 4.39 Å². The van der Waals surface area contributed by atoms with Crippen LogP contribution in [0.15, 0.2) is 59.5 Å². The first-order chi connectivity index (χ1) is 14.9. The lowest BCUT2D eigenvalue weighted by Crippen LogP contribution is -2.54. The third-order valence-electron chi connectivity index (χ3n) is 5.65. The van der Waals surface area contributed by atoms with Crippen molar-refractivity contribution in [1.82, 2.24) is 9.62 Å². The van der Waals surface area contributed by atoms with E-state index in [4.69, 9.17) is 9.47 Å². The number of nitrogens with one attached hydrogen (secondary N) is 1. The average molecular weight is 449 g/mol. The Hall–Kier alpha value is -2.33. The Balaban J connectivity index is 1.52. The van der Waals surface area contributed by atoms with Gasteiger partial charge in [0.1, 0.15) is 11.9 Å². The third kappa shape index (κ3) is 5.12. The number of carbonyl (C=O) groups is 1. The number of hydrogen-bond acceptors (Lipinski definition) is 5.